The predicted octanol–water partition coefficient (Wildman–Crippen LogP) is 2.53. The summed E-state index contributed by atoms with van der Waals surface area (Å²) in [5.74, 6) is 0.416. The Balaban J connectivity index is 2.44. The number of carbonyl (C=O) groups is 1. The summed E-state index contributed by atoms with van der Waals surface area (Å²) >= 11 is 0. The second kappa shape index (κ2) is 2.28. The van der Waals surface area contributed by atoms with E-state index in [1.165, 1.54) is 6.42 Å². The summed E-state index contributed by atoms with van der Waals surface area (Å²) in [6.45, 7) is 6.22. The summed E-state index contributed by atoms with van der Waals surface area (Å²) in [5, 5.41) is 9.33. The van der Waals surface area contributed by atoms with E-state index in [1.807, 2.05) is 6.92 Å². The molecule has 0 saturated heterocycles. The Kier molecular flexibility index (Phi) is 1.59. The molecule has 13 heavy (non-hydrogen) atoms. The average molecular weight is 182 g/mol. The fraction of sp³-hybridized carbons (Fsp3) is 0.909. The lowest BCUT2D eigenvalue weighted by molar-refractivity contribution is -0.159. The second-order valence-corrected chi connectivity index (χ2v) is 5.36. The van der Waals surface area contributed by atoms with Crippen molar-refractivity contribution < 1.29 is 9.90 Å². The molecule has 2 aliphatic carbocycles. The van der Waals surface area contributed by atoms with Crippen LogP contribution in [-0.2, 0) is 4.79 Å². The van der Waals surface area contributed by atoms with Crippen molar-refractivity contribution in [2.75, 3.05) is 0 Å². The van der Waals surface area contributed by atoms with Gasteiger partial charge in [0, 0.05) is 0 Å². The van der Waals surface area contributed by atoms with Crippen LogP contribution in [0.1, 0.15) is 40.0 Å². The highest BCUT2D eigenvalue weighted by Crippen LogP contribution is 2.66. The van der Waals surface area contributed by atoms with Crippen molar-refractivity contribution in [1.29, 1.82) is 0 Å². The number of rotatable bonds is 1. The molecule has 2 fully saturated rings. The molecule has 0 radical (unpaired) electrons. The highest BCUT2D eigenvalue weighted by molar-refractivity contribution is 5.76. The van der Waals surface area contributed by atoms with E-state index in [2.05, 4.69) is 13.8 Å². The third-order valence-electron chi connectivity index (χ3n) is 5.10. The highest BCUT2D eigenvalue weighted by atomic mass is 16.4. The summed E-state index contributed by atoms with van der Waals surface area (Å²) in [7, 11) is 0. The maximum Gasteiger partial charge on any atom is 0.310 e. The van der Waals surface area contributed by atoms with Gasteiger partial charge in [-0.1, -0.05) is 13.8 Å². The lowest BCUT2D eigenvalue weighted by atomic mass is 9.60. The first-order chi connectivity index (χ1) is 5.92. The number of fused-ring (bicyclic) bond motifs is 2. The average Bonchev–Trinajstić information content (AvgIpc) is 2.51. The molecule has 4 unspecified atom stereocenters. The maximum absolute atomic E-state index is 11.3. The molecule has 2 aliphatic rings. The van der Waals surface area contributed by atoms with Crippen molar-refractivity contribution in [3.8, 4) is 0 Å². The van der Waals surface area contributed by atoms with Crippen LogP contribution in [0.4, 0.5) is 0 Å². The topological polar surface area (TPSA) is 37.3 Å². The molecule has 0 amide bonds. The molecular formula is C11H18O2. The lowest BCUT2D eigenvalue weighted by Crippen LogP contribution is -2.45. The van der Waals surface area contributed by atoms with Crippen LogP contribution in [0.3, 0.4) is 0 Å². The van der Waals surface area contributed by atoms with E-state index in [0.29, 0.717) is 11.8 Å². The highest BCUT2D eigenvalue weighted by Gasteiger charge is 2.64. The summed E-state index contributed by atoms with van der Waals surface area (Å²) in [4.78, 5) is 11.3. The first kappa shape index (κ1) is 9.04. The minimum atomic E-state index is -0.593. The molecule has 2 nitrogen and oxygen atoms in total. The number of carboxylic acids is 1. The van der Waals surface area contributed by atoms with Gasteiger partial charge in [0.05, 0.1) is 5.41 Å². The van der Waals surface area contributed by atoms with Crippen LogP contribution in [-0.4, -0.2) is 11.1 Å². The molecule has 2 rings (SSSR count). The summed E-state index contributed by atoms with van der Waals surface area (Å²) < 4.78 is 0. The Labute approximate surface area is 79.3 Å². The van der Waals surface area contributed by atoms with Crippen molar-refractivity contribution in [2.45, 2.75) is 40.0 Å². The van der Waals surface area contributed by atoms with Gasteiger partial charge in [0.15, 0.2) is 0 Å². The van der Waals surface area contributed by atoms with E-state index in [4.69, 9.17) is 0 Å². The monoisotopic (exact) mass is 182 g/mol. The Hall–Kier alpha value is -0.530. The molecule has 0 aromatic heterocycles. The Morgan fingerprint density at radius 3 is 2.38 bits per heavy atom. The van der Waals surface area contributed by atoms with Crippen molar-refractivity contribution in [3.63, 3.8) is 0 Å². The van der Waals surface area contributed by atoms with E-state index in [1.54, 1.807) is 0 Å². The van der Waals surface area contributed by atoms with Crippen LogP contribution in [0.2, 0.25) is 0 Å². The van der Waals surface area contributed by atoms with Crippen molar-refractivity contribution in [3.05, 3.63) is 0 Å². The van der Waals surface area contributed by atoms with Crippen LogP contribution in [0.25, 0.3) is 0 Å². The van der Waals surface area contributed by atoms with Crippen molar-refractivity contribution in [2.24, 2.45) is 22.7 Å². The predicted molar refractivity (Wildman–Crippen MR) is 50.4 cm³/mol. The van der Waals surface area contributed by atoms with E-state index in [9.17, 15) is 9.90 Å². The quantitative estimate of drug-likeness (QED) is 0.676. The van der Waals surface area contributed by atoms with Crippen molar-refractivity contribution in [1.82, 2.24) is 0 Å². The fourth-order valence-corrected chi connectivity index (χ4v) is 3.66. The minimum Gasteiger partial charge on any atom is -0.481 e. The lowest BCUT2D eigenvalue weighted by Gasteiger charge is -2.42. The summed E-state index contributed by atoms with van der Waals surface area (Å²) in [6.07, 6.45) is 3.46. The molecule has 74 valence electrons. The number of hydrogen-bond acceptors (Lipinski definition) is 1. The summed E-state index contributed by atoms with van der Waals surface area (Å²) in [6, 6.07) is 0. The number of hydrogen-bond donors (Lipinski definition) is 1. The summed E-state index contributed by atoms with van der Waals surface area (Å²) in [5.41, 5.74) is -0.418. The van der Waals surface area contributed by atoms with Crippen LogP contribution < -0.4 is 0 Å². The largest absolute Gasteiger partial charge is 0.481 e. The molecular weight excluding hydrogens is 164 g/mol. The van der Waals surface area contributed by atoms with E-state index in [0.717, 1.165) is 12.8 Å². The molecule has 0 aliphatic heterocycles. The first-order valence-corrected chi connectivity index (χ1v) is 5.15. The molecule has 0 spiro atoms. The Bertz CT molecular complexity index is 261. The van der Waals surface area contributed by atoms with Crippen molar-refractivity contribution >= 4 is 5.97 Å². The number of carboxylic acid groups (broad SMARTS) is 1. The molecule has 2 heteroatoms. The molecule has 2 saturated carbocycles. The third kappa shape index (κ3) is 0.818. The third-order valence-corrected chi connectivity index (χ3v) is 5.10. The van der Waals surface area contributed by atoms with Crippen LogP contribution in [0.5, 0.6) is 0 Å². The Morgan fingerprint density at radius 1 is 1.46 bits per heavy atom. The van der Waals surface area contributed by atoms with Gasteiger partial charge >= 0.3 is 5.97 Å². The first-order valence-electron chi connectivity index (χ1n) is 5.15. The van der Waals surface area contributed by atoms with Gasteiger partial charge in [0.1, 0.15) is 0 Å². The fourth-order valence-electron chi connectivity index (χ4n) is 3.66. The standard InChI is InChI=1S/C11H18O2/c1-7-8-4-5-10(2,6-8)11(7,3)9(12)13/h7-8H,4-6H2,1-3H3,(H,12,13). The zero-order valence-electron chi connectivity index (χ0n) is 8.63. The molecule has 2 bridgehead atoms. The van der Waals surface area contributed by atoms with Gasteiger partial charge < -0.3 is 5.11 Å². The second-order valence-electron chi connectivity index (χ2n) is 5.36. The van der Waals surface area contributed by atoms with Gasteiger partial charge in [-0.3, -0.25) is 4.79 Å². The zero-order chi connectivity index (χ0) is 9.85. The van der Waals surface area contributed by atoms with Crippen LogP contribution in [0.15, 0.2) is 0 Å². The Morgan fingerprint density at radius 2 is 2.08 bits per heavy atom. The molecule has 0 aromatic rings. The van der Waals surface area contributed by atoms with E-state index < -0.39 is 11.4 Å². The molecule has 0 heterocycles. The van der Waals surface area contributed by atoms with Gasteiger partial charge in [0.25, 0.3) is 0 Å². The zero-order valence-corrected chi connectivity index (χ0v) is 8.63. The van der Waals surface area contributed by atoms with Gasteiger partial charge in [0.2, 0.25) is 0 Å². The molecule has 0 aromatic carbocycles. The maximum atomic E-state index is 11.3. The van der Waals surface area contributed by atoms with E-state index in [-0.39, 0.29) is 5.41 Å². The van der Waals surface area contributed by atoms with E-state index >= 15 is 0 Å². The van der Waals surface area contributed by atoms with Gasteiger partial charge in [-0.15, -0.1) is 0 Å². The minimum absolute atomic E-state index is 0.0584. The van der Waals surface area contributed by atoms with Crippen LogP contribution >= 0.6 is 0 Å². The van der Waals surface area contributed by atoms with Gasteiger partial charge in [-0.05, 0) is 43.4 Å². The van der Waals surface area contributed by atoms with Gasteiger partial charge in [-0.2, -0.15) is 0 Å². The smallest absolute Gasteiger partial charge is 0.310 e. The molecule has 4 atom stereocenters. The SMILES string of the molecule is CC1C2CCC(C)(C2)C1(C)C(=O)O. The normalized spacial score (nSPS) is 54.1. The van der Waals surface area contributed by atoms with Gasteiger partial charge in [-0.25, -0.2) is 0 Å². The van der Waals surface area contributed by atoms with Crippen LogP contribution in [0, 0.1) is 22.7 Å². The number of aliphatic carboxylic acids is 1. The molecule has 1 N–H and O–H groups in total.